The van der Waals surface area contributed by atoms with E-state index in [-0.39, 0.29) is 24.4 Å². The molecule has 0 saturated carbocycles. The highest BCUT2D eigenvalue weighted by Crippen LogP contribution is 2.52. The first-order chi connectivity index (χ1) is 14.0. The Bertz CT molecular complexity index is 1000. The molecule has 2 N–H and O–H groups in total. The van der Waals surface area contributed by atoms with Gasteiger partial charge in [0.1, 0.15) is 0 Å². The van der Waals surface area contributed by atoms with Crippen molar-refractivity contribution in [2.45, 2.75) is 19.3 Å². The topological polar surface area (TPSA) is 127 Å². The number of hydrogen-bond donors (Lipinski definition) is 1. The maximum atomic E-state index is 12.1. The normalized spacial score (nSPS) is 22.4. The number of nitrogens with two attached hydrogens (primary N) is 1. The van der Waals surface area contributed by atoms with Crippen LogP contribution in [0.1, 0.15) is 24.0 Å². The number of nitriles is 3. The molecule has 2 unspecified atom stereocenters. The van der Waals surface area contributed by atoms with Gasteiger partial charge in [-0.15, -0.1) is 0 Å². The van der Waals surface area contributed by atoms with Crippen molar-refractivity contribution in [3.8, 4) is 18.2 Å². The van der Waals surface area contributed by atoms with E-state index in [9.17, 15) is 20.6 Å². The molecule has 1 aromatic rings. The van der Waals surface area contributed by atoms with Crippen molar-refractivity contribution in [2.75, 3.05) is 20.2 Å². The van der Waals surface area contributed by atoms with Crippen LogP contribution in [0.5, 0.6) is 0 Å². The van der Waals surface area contributed by atoms with E-state index < -0.39 is 23.3 Å². The molecule has 29 heavy (non-hydrogen) atoms. The maximum absolute atomic E-state index is 12.1. The number of ether oxygens (including phenoxy) is 1. The third-order valence-corrected chi connectivity index (χ3v) is 5.82. The molecule has 2 atom stereocenters. The van der Waals surface area contributed by atoms with Gasteiger partial charge in [-0.05, 0) is 23.1 Å². The minimum atomic E-state index is -1.71. The number of amides is 1. The van der Waals surface area contributed by atoms with Crippen LogP contribution >= 0.6 is 0 Å². The fourth-order valence-electron chi connectivity index (χ4n) is 4.25. The Labute approximate surface area is 169 Å². The number of carbonyl (C=O) groups is 1. The van der Waals surface area contributed by atoms with Crippen molar-refractivity contribution in [3.63, 3.8) is 0 Å². The molecule has 2 aliphatic rings. The van der Waals surface area contributed by atoms with E-state index in [1.165, 1.54) is 12.0 Å². The Balaban J connectivity index is 2.24. The zero-order chi connectivity index (χ0) is 21.2. The molecule has 0 radical (unpaired) electrons. The molecule has 7 nitrogen and oxygen atoms in total. The van der Waals surface area contributed by atoms with Gasteiger partial charge < -0.3 is 15.4 Å². The van der Waals surface area contributed by atoms with Crippen molar-refractivity contribution in [1.82, 2.24) is 4.90 Å². The summed E-state index contributed by atoms with van der Waals surface area (Å²) in [5, 5.41) is 29.6. The summed E-state index contributed by atoms with van der Waals surface area (Å²) < 4.78 is 4.85. The number of nitrogens with zero attached hydrogens (tertiary/aromatic N) is 4. The highest BCUT2D eigenvalue weighted by atomic mass is 16.5. The number of rotatable bonds is 2. The van der Waals surface area contributed by atoms with Gasteiger partial charge in [-0.25, -0.2) is 4.79 Å². The van der Waals surface area contributed by atoms with Crippen LogP contribution in [0.4, 0.5) is 4.79 Å². The number of hydrogen-bond acceptors (Lipinski definition) is 6. The zero-order valence-electron chi connectivity index (χ0n) is 16.3. The van der Waals surface area contributed by atoms with E-state index in [0.29, 0.717) is 5.57 Å². The summed E-state index contributed by atoms with van der Waals surface area (Å²) in [4.78, 5) is 13.6. The number of methoxy groups -OCH3 is 1. The zero-order valence-corrected chi connectivity index (χ0v) is 16.3. The Kier molecular flexibility index (Phi) is 5.31. The van der Waals surface area contributed by atoms with Crippen LogP contribution in [0.25, 0.3) is 0 Å². The Morgan fingerprint density at radius 1 is 1.28 bits per heavy atom. The summed E-state index contributed by atoms with van der Waals surface area (Å²) in [6.07, 6.45) is 2.08. The number of benzene rings is 1. The van der Waals surface area contributed by atoms with E-state index in [4.69, 9.17) is 10.5 Å². The largest absolute Gasteiger partial charge is 0.453 e. The number of aryl methyl sites for hydroxylation is 1. The molecule has 0 aromatic heterocycles. The second kappa shape index (κ2) is 7.70. The Morgan fingerprint density at radius 2 is 1.93 bits per heavy atom. The standard InChI is InChI=1S/C22H21N5O2/c1-3-14-4-6-15(7-5-14)19-16(10-23)20(26)22(12-24,13-25)18-8-9-27(11-17(18)19)21(28)29-2/h4-8,17,19H,3,9,11,26H2,1-2H3. The summed E-state index contributed by atoms with van der Waals surface area (Å²) in [5.74, 6) is -0.893. The van der Waals surface area contributed by atoms with Gasteiger partial charge in [-0.3, -0.25) is 0 Å². The molecule has 1 aliphatic heterocycles. The highest BCUT2D eigenvalue weighted by Gasteiger charge is 2.53. The SMILES string of the molecule is CCc1ccc(C2C(C#N)=C(N)C(C#N)(C#N)C3=CCN(C(=O)OC)CC32)cc1. The molecule has 146 valence electrons. The second-order valence-electron chi connectivity index (χ2n) is 7.13. The summed E-state index contributed by atoms with van der Waals surface area (Å²) in [7, 11) is 1.30. The fourth-order valence-corrected chi connectivity index (χ4v) is 4.25. The predicted octanol–water partition coefficient (Wildman–Crippen LogP) is 2.74. The summed E-state index contributed by atoms with van der Waals surface area (Å²) in [6, 6.07) is 14.0. The predicted molar refractivity (Wildman–Crippen MR) is 105 cm³/mol. The van der Waals surface area contributed by atoms with Gasteiger partial charge >= 0.3 is 6.09 Å². The van der Waals surface area contributed by atoms with Gasteiger partial charge in [0, 0.05) is 24.9 Å². The third kappa shape index (κ3) is 3.00. The monoisotopic (exact) mass is 387 g/mol. The molecular weight excluding hydrogens is 366 g/mol. The van der Waals surface area contributed by atoms with Crippen LogP contribution in [0.15, 0.2) is 47.2 Å². The number of carbonyl (C=O) groups excluding carboxylic acids is 1. The van der Waals surface area contributed by atoms with Gasteiger partial charge in [0.25, 0.3) is 0 Å². The summed E-state index contributed by atoms with van der Waals surface area (Å²) in [5.41, 5.74) is 7.28. The minimum Gasteiger partial charge on any atom is -0.453 e. The van der Waals surface area contributed by atoms with Gasteiger partial charge in [-0.1, -0.05) is 37.3 Å². The molecule has 0 spiro atoms. The maximum Gasteiger partial charge on any atom is 0.409 e. The average Bonchev–Trinajstić information content (AvgIpc) is 2.78. The van der Waals surface area contributed by atoms with E-state index in [1.807, 2.05) is 36.4 Å². The molecule has 7 heteroatoms. The molecule has 1 heterocycles. The van der Waals surface area contributed by atoms with E-state index in [0.717, 1.165) is 17.5 Å². The Morgan fingerprint density at radius 3 is 2.45 bits per heavy atom. The summed E-state index contributed by atoms with van der Waals surface area (Å²) in [6.45, 7) is 2.49. The molecule has 0 fully saturated rings. The molecular formula is C22H21N5O2. The first-order valence-electron chi connectivity index (χ1n) is 9.32. The van der Waals surface area contributed by atoms with E-state index >= 15 is 0 Å². The first kappa shape index (κ1) is 20.0. The van der Waals surface area contributed by atoms with Crippen LogP contribution in [0, 0.1) is 45.3 Å². The second-order valence-corrected chi connectivity index (χ2v) is 7.13. The van der Waals surface area contributed by atoms with Crippen LogP contribution < -0.4 is 5.73 Å². The lowest BCUT2D eigenvalue weighted by Crippen LogP contribution is -2.48. The number of fused-ring (bicyclic) bond motifs is 1. The highest BCUT2D eigenvalue weighted by molar-refractivity contribution is 5.69. The summed E-state index contributed by atoms with van der Waals surface area (Å²) >= 11 is 0. The molecule has 0 bridgehead atoms. The van der Waals surface area contributed by atoms with Crippen molar-refractivity contribution < 1.29 is 9.53 Å². The molecule has 1 aromatic carbocycles. The quantitative estimate of drug-likeness (QED) is 0.777. The van der Waals surface area contributed by atoms with Crippen molar-refractivity contribution in [1.29, 1.82) is 15.8 Å². The van der Waals surface area contributed by atoms with Gasteiger partial charge in [-0.2, -0.15) is 15.8 Å². The van der Waals surface area contributed by atoms with Gasteiger partial charge in [0.15, 0.2) is 0 Å². The van der Waals surface area contributed by atoms with Crippen LogP contribution in [0.3, 0.4) is 0 Å². The van der Waals surface area contributed by atoms with Crippen molar-refractivity contribution >= 4 is 6.09 Å². The van der Waals surface area contributed by atoms with Crippen molar-refractivity contribution in [2.24, 2.45) is 17.1 Å². The minimum absolute atomic E-state index is 0.0245. The average molecular weight is 387 g/mol. The molecule has 3 rings (SSSR count). The van der Waals surface area contributed by atoms with E-state index in [2.05, 4.69) is 13.0 Å². The number of allylic oxidation sites excluding steroid dienone is 2. The smallest absolute Gasteiger partial charge is 0.409 e. The van der Waals surface area contributed by atoms with Gasteiger partial charge in [0.05, 0.1) is 36.6 Å². The third-order valence-electron chi connectivity index (χ3n) is 5.82. The van der Waals surface area contributed by atoms with E-state index in [1.54, 1.807) is 6.08 Å². The molecule has 1 aliphatic carbocycles. The lowest BCUT2D eigenvalue weighted by atomic mass is 9.60. The van der Waals surface area contributed by atoms with Gasteiger partial charge in [0.2, 0.25) is 5.41 Å². The fraction of sp³-hybridized carbons (Fsp3) is 0.364. The first-order valence-corrected chi connectivity index (χ1v) is 9.32. The van der Waals surface area contributed by atoms with Crippen molar-refractivity contribution in [3.05, 3.63) is 58.3 Å². The Hall–Kier alpha value is -3.76. The van der Waals surface area contributed by atoms with Crippen LogP contribution in [-0.4, -0.2) is 31.2 Å². The lowest BCUT2D eigenvalue weighted by Gasteiger charge is -2.44. The molecule has 1 amide bonds. The van der Waals surface area contributed by atoms with Crippen LogP contribution in [0.2, 0.25) is 0 Å². The lowest BCUT2D eigenvalue weighted by molar-refractivity contribution is 0.117. The molecule has 0 saturated heterocycles. The van der Waals surface area contributed by atoms with Crippen LogP contribution in [-0.2, 0) is 11.2 Å².